The first-order valence-electron chi connectivity index (χ1n) is 8.90. The van der Waals surface area contributed by atoms with Gasteiger partial charge in [0.05, 0.1) is 33.3 Å². The Morgan fingerprint density at radius 2 is 1.89 bits per heavy atom. The van der Waals surface area contributed by atoms with E-state index < -0.39 is 24.1 Å². The summed E-state index contributed by atoms with van der Waals surface area (Å²) in [5.74, 6) is 0.702. The van der Waals surface area contributed by atoms with Crippen LogP contribution in [-0.2, 0) is 14.3 Å². The highest BCUT2D eigenvalue weighted by molar-refractivity contribution is 5.93. The molecule has 2 N–H and O–H groups in total. The Bertz CT molecular complexity index is 717. The molecule has 146 valence electrons. The number of imide groups is 1. The molecule has 3 amide bonds. The van der Waals surface area contributed by atoms with Crippen molar-refractivity contribution in [1.29, 1.82) is 0 Å². The Hall–Kier alpha value is -2.81. The van der Waals surface area contributed by atoms with Gasteiger partial charge in [0.2, 0.25) is 6.10 Å². The van der Waals surface area contributed by atoms with Crippen LogP contribution >= 0.6 is 0 Å². The minimum atomic E-state index is -0.769. The van der Waals surface area contributed by atoms with Crippen LogP contribution in [0.1, 0.15) is 6.92 Å². The lowest BCUT2D eigenvalue weighted by Gasteiger charge is -2.36. The lowest BCUT2D eigenvalue weighted by Crippen LogP contribution is -3.19. The summed E-state index contributed by atoms with van der Waals surface area (Å²) in [5, 5.41) is 2.18. The number of piperazine rings is 1. The fraction of sp³-hybridized carbons (Fsp3) is 0.500. The van der Waals surface area contributed by atoms with Gasteiger partial charge in [0, 0.05) is 0 Å². The highest BCUT2D eigenvalue weighted by Gasteiger charge is 2.36. The maximum Gasteiger partial charge on any atom is 0.413 e. The summed E-state index contributed by atoms with van der Waals surface area (Å²) in [5.41, 5.74) is 0. The van der Waals surface area contributed by atoms with Gasteiger partial charge in [-0.1, -0.05) is 12.1 Å². The molecular formula is C18H24N3O6+. The van der Waals surface area contributed by atoms with Crippen molar-refractivity contribution in [2.45, 2.75) is 19.1 Å². The third-order valence-corrected chi connectivity index (χ3v) is 4.92. The van der Waals surface area contributed by atoms with Crippen molar-refractivity contribution in [3.63, 3.8) is 0 Å². The van der Waals surface area contributed by atoms with Crippen LogP contribution in [0.3, 0.4) is 0 Å². The maximum atomic E-state index is 12.7. The van der Waals surface area contributed by atoms with Gasteiger partial charge in [0.1, 0.15) is 6.61 Å². The molecule has 1 fully saturated rings. The minimum Gasteiger partial charge on any atom is -0.485 e. The van der Waals surface area contributed by atoms with Gasteiger partial charge in [0.25, 0.3) is 11.8 Å². The molecule has 0 spiro atoms. The predicted octanol–water partition coefficient (Wildman–Crippen LogP) is -1.18. The molecule has 1 aromatic rings. The molecule has 9 heteroatoms. The zero-order valence-corrected chi connectivity index (χ0v) is 15.4. The molecular weight excluding hydrogens is 354 g/mol. The number of carbonyl (C=O) groups is 3. The van der Waals surface area contributed by atoms with Gasteiger partial charge in [-0.2, -0.15) is 0 Å². The Morgan fingerprint density at radius 1 is 1.22 bits per heavy atom. The van der Waals surface area contributed by atoms with Crippen LogP contribution in [-0.4, -0.2) is 74.8 Å². The molecule has 3 rings (SSSR count). The zero-order valence-electron chi connectivity index (χ0n) is 15.4. The van der Waals surface area contributed by atoms with Crippen molar-refractivity contribution in [3.05, 3.63) is 24.3 Å². The van der Waals surface area contributed by atoms with Gasteiger partial charge >= 0.3 is 6.09 Å². The second kappa shape index (κ2) is 8.26. The van der Waals surface area contributed by atoms with Gasteiger partial charge in [-0.25, -0.2) is 4.79 Å². The van der Waals surface area contributed by atoms with Crippen molar-refractivity contribution in [1.82, 2.24) is 10.2 Å². The molecule has 1 saturated heterocycles. The first-order chi connectivity index (χ1) is 13.0. The Morgan fingerprint density at radius 3 is 2.56 bits per heavy atom. The topological polar surface area (TPSA) is 98.6 Å². The van der Waals surface area contributed by atoms with E-state index in [4.69, 9.17) is 9.47 Å². The monoisotopic (exact) mass is 378 g/mol. The summed E-state index contributed by atoms with van der Waals surface area (Å²) in [6, 6.07) is 6.85. The van der Waals surface area contributed by atoms with Crippen molar-refractivity contribution < 1.29 is 33.5 Å². The highest BCUT2D eigenvalue weighted by atomic mass is 16.6. The number of benzene rings is 1. The molecule has 2 atom stereocenters. The van der Waals surface area contributed by atoms with Crippen LogP contribution in [0.25, 0.3) is 0 Å². The molecule has 0 unspecified atom stereocenters. The second-order valence-corrected chi connectivity index (χ2v) is 6.55. The van der Waals surface area contributed by atoms with E-state index in [9.17, 15) is 14.4 Å². The first-order valence-corrected chi connectivity index (χ1v) is 8.90. The van der Waals surface area contributed by atoms with E-state index in [-0.39, 0.29) is 12.5 Å². The van der Waals surface area contributed by atoms with Gasteiger partial charge in [-0.15, -0.1) is 0 Å². The lowest BCUT2D eigenvalue weighted by molar-refractivity contribution is -0.917. The lowest BCUT2D eigenvalue weighted by atomic mass is 10.2. The molecule has 27 heavy (non-hydrogen) atoms. The molecule has 2 aliphatic rings. The first kappa shape index (κ1) is 19.0. The quantitative estimate of drug-likeness (QED) is 0.688. The smallest absolute Gasteiger partial charge is 0.413 e. The average Bonchev–Trinajstić information content (AvgIpc) is 2.72. The number of methoxy groups -OCH3 is 1. The van der Waals surface area contributed by atoms with Crippen LogP contribution in [0.2, 0.25) is 0 Å². The number of nitrogens with one attached hydrogen (secondary N) is 2. The summed E-state index contributed by atoms with van der Waals surface area (Å²) in [6.07, 6.45) is -1.43. The Labute approximate surface area is 157 Å². The number of ether oxygens (including phenoxy) is 3. The number of carbonyl (C=O) groups excluding carboxylic acids is 3. The van der Waals surface area contributed by atoms with Crippen molar-refractivity contribution in [2.75, 3.05) is 39.9 Å². The highest BCUT2D eigenvalue weighted by Crippen LogP contribution is 2.31. The van der Waals surface area contributed by atoms with E-state index in [1.807, 2.05) is 12.1 Å². The second-order valence-electron chi connectivity index (χ2n) is 6.55. The van der Waals surface area contributed by atoms with E-state index in [0.29, 0.717) is 37.7 Å². The third-order valence-electron chi connectivity index (χ3n) is 4.92. The SMILES string of the molecule is COC(=O)NC(=O)[C@@H](C)[NH+]1CCN(C(=O)[C@@H]2COc3ccccc3O2)CC1. The molecule has 0 bridgehead atoms. The number of alkyl carbamates (subject to hydrolysis) is 1. The summed E-state index contributed by atoms with van der Waals surface area (Å²) < 4.78 is 15.8. The maximum absolute atomic E-state index is 12.7. The van der Waals surface area contributed by atoms with E-state index in [1.165, 1.54) is 7.11 Å². The van der Waals surface area contributed by atoms with Crippen molar-refractivity contribution in [3.8, 4) is 11.5 Å². The molecule has 1 aromatic carbocycles. The van der Waals surface area contributed by atoms with Crippen molar-refractivity contribution in [2.24, 2.45) is 0 Å². The number of hydrogen-bond acceptors (Lipinski definition) is 6. The number of hydrogen-bond donors (Lipinski definition) is 2. The van der Waals surface area contributed by atoms with Crippen LogP contribution in [0.4, 0.5) is 4.79 Å². The number of rotatable bonds is 3. The normalized spacial score (nSPS) is 20.5. The van der Waals surface area contributed by atoms with Crippen LogP contribution in [0.15, 0.2) is 24.3 Å². The minimum absolute atomic E-state index is 0.116. The zero-order chi connectivity index (χ0) is 19.4. The van der Waals surface area contributed by atoms with Gasteiger partial charge in [-0.3, -0.25) is 14.9 Å². The number of para-hydroxylation sites is 2. The largest absolute Gasteiger partial charge is 0.485 e. The Kier molecular flexibility index (Phi) is 5.80. The molecule has 0 saturated carbocycles. The third kappa shape index (κ3) is 4.30. The van der Waals surface area contributed by atoms with E-state index in [2.05, 4.69) is 10.1 Å². The number of fused-ring (bicyclic) bond motifs is 1. The summed E-state index contributed by atoms with van der Waals surface area (Å²) in [6.45, 7) is 4.15. The molecule has 2 heterocycles. The fourth-order valence-electron chi connectivity index (χ4n) is 3.24. The summed E-state index contributed by atoms with van der Waals surface area (Å²) in [4.78, 5) is 38.7. The van der Waals surface area contributed by atoms with Gasteiger partial charge < -0.3 is 24.0 Å². The molecule has 0 aliphatic carbocycles. The van der Waals surface area contributed by atoms with Crippen LogP contribution in [0.5, 0.6) is 11.5 Å². The number of nitrogens with zero attached hydrogens (tertiary/aromatic N) is 1. The fourth-order valence-corrected chi connectivity index (χ4v) is 3.24. The summed E-state index contributed by atoms with van der Waals surface area (Å²) in [7, 11) is 1.21. The molecule has 2 aliphatic heterocycles. The molecule has 9 nitrogen and oxygen atoms in total. The Balaban J connectivity index is 1.51. The van der Waals surface area contributed by atoms with E-state index in [0.717, 1.165) is 4.90 Å². The predicted molar refractivity (Wildman–Crippen MR) is 93.6 cm³/mol. The average molecular weight is 378 g/mol. The van der Waals surface area contributed by atoms with Gasteiger partial charge in [-0.05, 0) is 19.1 Å². The van der Waals surface area contributed by atoms with E-state index >= 15 is 0 Å². The van der Waals surface area contributed by atoms with Crippen LogP contribution in [0, 0.1) is 0 Å². The summed E-state index contributed by atoms with van der Waals surface area (Å²) >= 11 is 0. The van der Waals surface area contributed by atoms with Gasteiger partial charge in [0.15, 0.2) is 17.5 Å². The van der Waals surface area contributed by atoms with Crippen LogP contribution < -0.4 is 19.7 Å². The number of amides is 3. The standard InChI is InChI=1S/C18H23N3O6/c1-12(16(22)19-18(24)25-2)20-7-9-21(10-8-20)17(23)15-11-26-13-5-3-4-6-14(13)27-15/h3-6,12,15H,7-11H2,1-2H3,(H,19,22,24)/p+1/t12-,15+/m1/s1. The number of quaternary nitrogens is 1. The van der Waals surface area contributed by atoms with E-state index in [1.54, 1.807) is 24.0 Å². The molecule has 0 radical (unpaired) electrons. The molecule has 0 aromatic heterocycles. The van der Waals surface area contributed by atoms with Crippen molar-refractivity contribution >= 4 is 17.9 Å².